The second kappa shape index (κ2) is 6.30. The van der Waals surface area contributed by atoms with E-state index in [1.165, 1.54) is 12.8 Å². The van der Waals surface area contributed by atoms with Crippen molar-refractivity contribution >= 4 is 34.3 Å². The fourth-order valence-corrected chi connectivity index (χ4v) is 2.20. The lowest BCUT2D eigenvalue weighted by molar-refractivity contribution is -0.122. The van der Waals surface area contributed by atoms with E-state index >= 15 is 0 Å². The molecule has 1 aromatic rings. The van der Waals surface area contributed by atoms with Gasteiger partial charge in [0.05, 0.1) is 6.10 Å². The van der Waals surface area contributed by atoms with Gasteiger partial charge in [0, 0.05) is 9.77 Å². The number of nitrogens with one attached hydrogen (secondary N) is 1. The number of aromatic nitrogens is 1. The summed E-state index contributed by atoms with van der Waals surface area (Å²) in [5.41, 5.74) is 0. The van der Waals surface area contributed by atoms with Crippen molar-refractivity contribution in [2.24, 2.45) is 0 Å². The van der Waals surface area contributed by atoms with Crippen molar-refractivity contribution in [3.05, 3.63) is 21.9 Å². The maximum absolute atomic E-state index is 11.6. The summed E-state index contributed by atoms with van der Waals surface area (Å²) in [6.45, 7) is 0.123. The number of carbonyl (C=O) groups is 1. The Morgan fingerprint density at radius 1 is 1.47 bits per heavy atom. The minimum atomic E-state index is -0.134. The molecule has 1 aromatic heterocycles. The fourth-order valence-electron chi connectivity index (χ4n) is 1.88. The van der Waals surface area contributed by atoms with Crippen LogP contribution in [0.15, 0.2) is 18.3 Å². The van der Waals surface area contributed by atoms with E-state index in [-0.39, 0.29) is 18.6 Å². The Bertz CT molecular complexity index is 375. The molecule has 0 radical (unpaired) electrons. The first-order valence-electron chi connectivity index (χ1n) is 5.77. The van der Waals surface area contributed by atoms with Crippen molar-refractivity contribution in [2.45, 2.75) is 31.8 Å². The molecule has 0 bridgehead atoms. The van der Waals surface area contributed by atoms with E-state index in [1.807, 2.05) is 6.07 Å². The van der Waals surface area contributed by atoms with Crippen molar-refractivity contribution < 1.29 is 9.53 Å². The highest BCUT2D eigenvalue weighted by molar-refractivity contribution is 14.1. The summed E-state index contributed by atoms with van der Waals surface area (Å²) in [5.74, 6) is 0.441. The molecular formula is C12H15IN2O2. The molecule has 92 valence electrons. The number of ether oxygens (including phenoxy) is 1. The third-order valence-electron chi connectivity index (χ3n) is 2.75. The zero-order valence-corrected chi connectivity index (χ0v) is 11.6. The zero-order valence-electron chi connectivity index (χ0n) is 9.49. The lowest BCUT2D eigenvalue weighted by Gasteiger charge is -2.10. The van der Waals surface area contributed by atoms with Gasteiger partial charge in [-0.25, -0.2) is 4.98 Å². The van der Waals surface area contributed by atoms with Crippen LogP contribution >= 0.6 is 22.6 Å². The molecule has 0 saturated heterocycles. The van der Waals surface area contributed by atoms with Crippen LogP contribution in [-0.4, -0.2) is 23.6 Å². The van der Waals surface area contributed by atoms with Crippen LogP contribution in [0, 0.1) is 3.57 Å². The molecule has 1 amide bonds. The molecule has 0 spiro atoms. The molecule has 1 fully saturated rings. The summed E-state index contributed by atoms with van der Waals surface area (Å²) in [4.78, 5) is 15.7. The van der Waals surface area contributed by atoms with E-state index in [4.69, 9.17) is 4.74 Å². The number of anilines is 1. The van der Waals surface area contributed by atoms with Gasteiger partial charge >= 0.3 is 0 Å². The topological polar surface area (TPSA) is 51.2 Å². The van der Waals surface area contributed by atoms with Gasteiger partial charge in [-0.05, 0) is 47.6 Å². The lowest BCUT2D eigenvalue weighted by atomic mass is 10.3. The number of pyridine rings is 1. The predicted octanol–water partition coefficient (Wildman–Crippen LogP) is 2.58. The molecule has 17 heavy (non-hydrogen) atoms. The van der Waals surface area contributed by atoms with E-state index in [0.29, 0.717) is 5.82 Å². The zero-order chi connectivity index (χ0) is 12.1. The van der Waals surface area contributed by atoms with E-state index in [0.717, 1.165) is 16.4 Å². The lowest BCUT2D eigenvalue weighted by Crippen LogP contribution is -2.22. The quantitative estimate of drug-likeness (QED) is 0.853. The van der Waals surface area contributed by atoms with E-state index in [2.05, 4.69) is 32.9 Å². The maximum Gasteiger partial charge on any atom is 0.251 e. The van der Waals surface area contributed by atoms with Crippen LogP contribution < -0.4 is 5.32 Å². The number of amides is 1. The SMILES string of the molecule is O=C(COC1CCCC1)Nc1ccc(I)cn1. The number of hydrogen-bond donors (Lipinski definition) is 1. The Morgan fingerprint density at radius 3 is 2.88 bits per heavy atom. The molecule has 1 heterocycles. The summed E-state index contributed by atoms with van der Waals surface area (Å²) >= 11 is 2.17. The number of halogens is 1. The van der Waals surface area contributed by atoms with Gasteiger partial charge in [-0.2, -0.15) is 0 Å². The van der Waals surface area contributed by atoms with Crippen molar-refractivity contribution in [2.75, 3.05) is 11.9 Å². The maximum atomic E-state index is 11.6. The largest absolute Gasteiger partial charge is 0.368 e. The van der Waals surface area contributed by atoms with Crippen molar-refractivity contribution in [3.63, 3.8) is 0 Å². The van der Waals surface area contributed by atoms with E-state index in [9.17, 15) is 4.79 Å². The number of nitrogens with zero attached hydrogens (tertiary/aromatic N) is 1. The summed E-state index contributed by atoms with van der Waals surface area (Å²) in [5, 5.41) is 2.71. The summed E-state index contributed by atoms with van der Waals surface area (Å²) < 4.78 is 6.56. The van der Waals surface area contributed by atoms with E-state index in [1.54, 1.807) is 12.3 Å². The van der Waals surface area contributed by atoms with Crippen LogP contribution in [0.2, 0.25) is 0 Å². The first-order chi connectivity index (χ1) is 8.24. The highest BCUT2D eigenvalue weighted by Gasteiger charge is 2.16. The molecule has 0 unspecified atom stereocenters. The third kappa shape index (κ3) is 4.23. The van der Waals surface area contributed by atoms with Gasteiger partial charge in [0.25, 0.3) is 5.91 Å². The van der Waals surface area contributed by atoms with Crippen molar-refractivity contribution in [3.8, 4) is 0 Å². The van der Waals surface area contributed by atoms with Gasteiger partial charge in [0.1, 0.15) is 12.4 Å². The van der Waals surface area contributed by atoms with Gasteiger partial charge in [0.2, 0.25) is 0 Å². The average molecular weight is 346 g/mol. The molecule has 0 aliphatic heterocycles. The first-order valence-corrected chi connectivity index (χ1v) is 6.85. The van der Waals surface area contributed by atoms with Gasteiger partial charge in [-0.15, -0.1) is 0 Å². The Labute approximate surface area is 114 Å². The summed E-state index contributed by atoms with van der Waals surface area (Å²) in [7, 11) is 0. The van der Waals surface area contributed by atoms with Crippen LogP contribution in [0.3, 0.4) is 0 Å². The molecule has 0 atom stereocenters. The van der Waals surface area contributed by atoms with Crippen LogP contribution in [0.1, 0.15) is 25.7 Å². The minimum Gasteiger partial charge on any atom is -0.368 e. The molecule has 1 aliphatic carbocycles. The predicted molar refractivity (Wildman–Crippen MR) is 73.8 cm³/mol. The van der Waals surface area contributed by atoms with Crippen LogP contribution in [0.4, 0.5) is 5.82 Å². The number of hydrogen-bond acceptors (Lipinski definition) is 3. The second-order valence-corrected chi connectivity index (χ2v) is 5.37. The molecule has 1 aliphatic rings. The molecule has 0 aromatic carbocycles. The Morgan fingerprint density at radius 2 is 2.24 bits per heavy atom. The fraction of sp³-hybridized carbons (Fsp3) is 0.500. The highest BCUT2D eigenvalue weighted by Crippen LogP contribution is 2.20. The molecule has 1 saturated carbocycles. The van der Waals surface area contributed by atoms with Crippen molar-refractivity contribution in [1.29, 1.82) is 0 Å². The van der Waals surface area contributed by atoms with Crippen LogP contribution in [0.25, 0.3) is 0 Å². The van der Waals surface area contributed by atoms with Gasteiger partial charge in [0.15, 0.2) is 0 Å². The van der Waals surface area contributed by atoms with Gasteiger partial charge < -0.3 is 10.1 Å². The Balaban J connectivity index is 1.74. The first kappa shape index (κ1) is 12.8. The molecule has 4 nitrogen and oxygen atoms in total. The Kier molecular flexibility index (Phi) is 4.73. The normalized spacial score (nSPS) is 16.1. The molecule has 1 N–H and O–H groups in total. The number of rotatable bonds is 4. The monoisotopic (exact) mass is 346 g/mol. The van der Waals surface area contributed by atoms with E-state index < -0.39 is 0 Å². The summed E-state index contributed by atoms with van der Waals surface area (Å²) in [6, 6.07) is 3.69. The van der Waals surface area contributed by atoms with Gasteiger partial charge in [-0.1, -0.05) is 12.8 Å². The highest BCUT2D eigenvalue weighted by atomic mass is 127. The summed E-state index contributed by atoms with van der Waals surface area (Å²) in [6.07, 6.45) is 6.57. The van der Waals surface area contributed by atoms with Gasteiger partial charge in [-0.3, -0.25) is 4.79 Å². The smallest absolute Gasteiger partial charge is 0.251 e. The minimum absolute atomic E-state index is 0.123. The second-order valence-electron chi connectivity index (χ2n) is 4.13. The van der Waals surface area contributed by atoms with Crippen LogP contribution in [0.5, 0.6) is 0 Å². The van der Waals surface area contributed by atoms with Crippen molar-refractivity contribution in [1.82, 2.24) is 4.98 Å². The molecule has 2 rings (SSSR count). The number of carbonyl (C=O) groups excluding carboxylic acids is 1. The van der Waals surface area contributed by atoms with Crippen LogP contribution in [-0.2, 0) is 9.53 Å². The standard InChI is InChI=1S/C12H15IN2O2/c13-9-5-6-11(14-7-9)15-12(16)8-17-10-3-1-2-4-10/h5-7,10H,1-4,8H2,(H,14,15,16). The Hall–Kier alpha value is -0.690. The molecular weight excluding hydrogens is 331 g/mol. The average Bonchev–Trinajstić information content (AvgIpc) is 2.83. The molecule has 5 heteroatoms. The third-order valence-corrected chi connectivity index (χ3v) is 3.39.